The first kappa shape index (κ1) is 15.2. The van der Waals surface area contributed by atoms with Crippen LogP contribution in [0.4, 0.5) is 0 Å². The summed E-state index contributed by atoms with van der Waals surface area (Å²) in [7, 11) is 0. The smallest absolute Gasteiger partial charge is 0.303 e. The molecule has 104 valence electrons. The third-order valence-electron chi connectivity index (χ3n) is 3.30. The fourth-order valence-corrected chi connectivity index (χ4v) is 2.11. The van der Waals surface area contributed by atoms with Gasteiger partial charge in [-0.05, 0) is 25.7 Å². The number of rotatable bonds is 11. The van der Waals surface area contributed by atoms with Gasteiger partial charge in [-0.2, -0.15) is 0 Å². The minimum Gasteiger partial charge on any atom is -0.481 e. The highest BCUT2D eigenvalue weighted by atomic mass is 16.6. The summed E-state index contributed by atoms with van der Waals surface area (Å²) in [5.74, 6) is -0.713. The Balaban J connectivity index is 1.90. The van der Waals surface area contributed by atoms with Gasteiger partial charge in [-0.25, -0.2) is 0 Å². The summed E-state index contributed by atoms with van der Waals surface area (Å²) in [5.41, 5.74) is 0. The van der Waals surface area contributed by atoms with Gasteiger partial charge in [0.2, 0.25) is 0 Å². The first-order valence-electron chi connectivity index (χ1n) is 7.28. The van der Waals surface area contributed by atoms with Crippen molar-refractivity contribution in [1.82, 2.24) is 0 Å². The van der Waals surface area contributed by atoms with E-state index in [4.69, 9.17) is 9.84 Å². The normalized spacial score (nSPS) is 22.5. The van der Waals surface area contributed by atoms with E-state index in [2.05, 4.69) is 19.1 Å². The predicted molar refractivity (Wildman–Crippen MR) is 72.7 cm³/mol. The van der Waals surface area contributed by atoms with E-state index in [1.165, 1.54) is 32.1 Å². The molecule has 1 heterocycles. The summed E-state index contributed by atoms with van der Waals surface area (Å²) < 4.78 is 5.46. The van der Waals surface area contributed by atoms with E-state index in [-0.39, 0.29) is 18.6 Å². The molecule has 0 aromatic rings. The molecule has 3 nitrogen and oxygen atoms in total. The van der Waals surface area contributed by atoms with E-state index >= 15 is 0 Å². The Morgan fingerprint density at radius 3 is 2.72 bits per heavy atom. The molecule has 0 aliphatic carbocycles. The number of epoxide rings is 1. The van der Waals surface area contributed by atoms with Gasteiger partial charge in [0.25, 0.3) is 0 Å². The summed E-state index contributed by atoms with van der Waals surface area (Å²) >= 11 is 0. The lowest BCUT2D eigenvalue weighted by Gasteiger charge is -1.95. The SMILES string of the molecule is CCCCCCCC=CC1OC1CCCC(=O)O. The molecule has 2 unspecified atom stereocenters. The molecule has 1 aliphatic heterocycles. The number of carboxylic acids is 1. The Morgan fingerprint density at radius 1 is 1.22 bits per heavy atom. The van der Waals surface area contributed by atoms with Gasteiger partial charge in [-0.3, -0.25) is 4.79 Å². The van der Waals surface area contributed by atoms with Gasteiger partial charge < -0.3 is 9.84 Å². The fraction of sp³-hybridized carbons (Fsp3) is 0.800. The summed E-state index contributed by atoms with van der Waals surface area (Å²) in [6.45, 7) is 2.23. The van der Waals surface area contributed by atoms with Crippen molar-refractivity contribution in [3.05, 3.63) is 12.2 Å². The van der Waals surface area contributed by atoms with E-state index in [9.17, 15) is 4.79 Å². The molecule has 1 saturated heterocycles. The minimum absolute atomic E-state index is 0.258. The molecule has 1 rings (SSSR count). The topological polar surface area (TPSA) is 49.8 Å². The number of ether oxygens (including phenoxy) is 1. The van der Waals surface area contributed by atoms with Gasteiger partial charge in [-0.1, -0.05) is 44.8 Å². The van der Waals surface area contributed by atoms with E-state index < -0.39 is 5.97 Å². The number of carbonyl (C=O) groups is 1. The molecule has 1 aliphatic rings. The molecule has 3 heteroatoms. The maximum absolute atomic E-state index is 10.3. The second-order valence-corrected chi connectivity index (χ2v) is 5.06. The summed E-state index contributed by atoms with van der Waals surface area (Å²) in [6, 6.07) is 0. The number of hydrogen-bond acceptors (Lipinski definition) is 2. The van der Waals surface area contributed by atoms with Crippen LogP contribution in [0.3, 0.4) is 0 Å². The third kappa shape index (κ3) is 7.49. The molecule has 0 aromatic heterocycles. The van der Waals surface area contributed by atoms with Gasteiger partial charge >= 0.3 is 5.97 Å². The predicted octanol–water partition coefficient (Wildman–Crippen LogP) is 3.93. The Hall–Kier alpha value is -0.830. The number of hydrogen-bond donors (Lipinski definition) is 1. The van der Waals surface area contributed by atoms with Crippen molar-refractivity contribution in [2.45, 2.75) is 76.9 Å². The van der Waals surface area contributed by atoms with Crippen LogP contribution in [0.25, 0.3) is 0 Å². The molecule has 0 radical (unpaired) electrons. The second-order valence-electron chi connectivity index (χ2n) is 5.06. The van der Waals surface area contributed by atoms with Crippen LogP contribution in [0, 0.1) is 0 Å². The van der Waals surface area contributed by atoms with Gasteiger partial charge in [0, 0.05) is 6.42 Å². The van der Waals surface area contributed by atoms with Crippen LogP contribution < -0.4 is 0 Å². The van der Waals surface area contributed by atoms with Crippen molar-refractivity contribution >= 4 is 5.97 Å². The molecular formula is C15H26O3. The highest BCUT2D eigenvalue weighted by Gasteiger charge is 2.35. The number of carboxylic acid groups (broad SMARTS) is 1. The lowest BCUT2D eigenvalue weighted by atomic mass is 10.1. The van der Waals surface area contributed by atoms with Crippen LogP contribution in [0.1, 0.15) is 64.7 Å². The molecule has 1 N–H and O–H groups in total. The van der Waals surface area contributed by atoms with Gasteiger partial charge in [-0.15, -0.1) is 0 Å². The van der Waals surface area contributed by atoms with Crippen molar-refractivity contribution in [3.63, 3.8) is 0 Å². The molecule has 1 fully saturated rings. The van der Waals surface area contributed by atoms with Crippen LogP contribution in [0.15, 0.2) is 12.2 Å². The number of allylic oxidation sites excluding steroid dienone is 1. The van der Waals surface area contributed by atoms with Gasteiger partial charge in [0.05, 0.1) is 6.10 Å². The molecular weight excluding hydrogens is 228 g/mol. The van der Waals surface area contributed by atoms with Crippen LogP contribution in [0.5, 0.6) is 0 Å². The lowest BCUT2D eigenvalue weighted by Crippen LogP contribution is -1.97. The summed E-state index contributed by atoms with van der Waals surface area (Å²) in [4.78, 5) is 10.3. The van der Waals surface area contributed by atoms with E-state index in [1.807, 2.05) is 0 Å². The van der Waals surface area contributed by atoms with Crippen molar-refractivity contribution < 1.29 is 14.6 Å². The largest absolute Gasteiger partial charge is 0.481 e. The molecule has 0 spiro atoms. The second kappa shape index (κ2) is 9.15. The van der Waals surface area contributed by atoms with Crippen molar-refractivity contribution in [1.29, 1.82) is 0 Å². The van der Waals surface area contributed by atoms with Crippen molar-refractivity contribution in [3.8, 4) is 0 Å². The zero-order chi connectivity index (χ0) is 13.2. The summed E-state index contributed by atoms with van der Waals surface area (Å²) in [6.07, 6.45) is 14.5. The monoisotopic (exact) mass is 254 g/mol. The van der Waals surface area contributed by atoms with Crippen LogP contribution in [0.2, 0.25) is 0 Å². The Bertz CT molecular complexity index is 260. The minimum atomic E-state index is -0.713. The summed E-state index contributed by atoms with van der Waals surface area (Å²) in [5, 5.41) is 8.52. The average Bonchev–Trinajstić information content (AvgIpc) is 3.06. The first-order chi connectivity index (χ1) is 8.74. The van der Waals surface area contributed by atoms with Crippen molar-refractivity contribution in [2.75, 3.05) is 0 Å². The zero-order valence-corrected chi connectivity index (χ0v) is 11.4. The fourth-order valence-electron chi connectivity index (χ4n) is 2.11. The van der Waals surface area contributed by atoms with Crippen LogP contribution in [-0.2, 0) is 9.53 Å². The van der Waals surface area contributed by atoms with Crippen LogP contribution in [-0.4, -0.2) is 23.3 Å². The standard InChI is InChI=1S/C15H26O3/c1-2-3-4-5-6-7-8-10-13-14(18-13)11-9-12-15(16)17/h8,10,13-14H,2-7,9,11-12H2,1H3,(H,16,17). The Kier molecular flexibility index (Phi) is 7.74. The van der Waals surface area contributed by atoms with Gasteiger partial charge in [0.1, 0.15) is 6.10 Å². The number of aliphatic carboxylic acids is 1. The molecule has 18 heavy (non-hydrogen) atoms. The molecule has 0 bridgehead atoms. The average molecular weight is 254 g/mol. The highest BCUT2D eigenvalue weighted by Crippen LogP contribution is 2.28. The van der Waals surface area contributed by atoms with E-state index in [0.717, 1.165) is 19.3 Å². The Morgan fingerprint density at radius 2 is 2.00 bits per heavy atom. The molecule has 0 aromatic carbocycles. The number of unbranched alkanes of at least 4 members (excludes halogenated alkanes) is 5. The van der Waals surface area contributed by atoms with Gasteiger partial charge in [0.15, 0.2) is 0 Å². The highest BCUT2D eigenvalue weighted by molar-refractivity contribution is 5.66. The third-order valence-corrected chi connectivity index (χ3v) is 3.30. The first-order valence-corrected chi connectivity index (χ1v) is 7.28. The van der Waals surface area contributed by atoms with E-state index in [1.54, 1.807) is 0 Å². The molecule has 2 atom stereocenters. The van der Waals surface area contributed by atoms with Crippen molar-refractivity contribution in [2.24, 2.45) is 0 Å². The Labute approximate surface area is 110 Å². The molecule has 0 amide bonds. The maximum Gasteiger partial charge on any atom is 0.303 e. The quantitative estimate of drug-likeness (QED) is 0.345. The maximum atomic E-state index is 10.3. The van der Waals surface area contributed by atoms with Crippen LogP contribution >= 0.6 is 0 Å². The molecule has 0 saturated carbocycles. The lowest BCUT2D eigenvalue weighted by molar-refractivity contribution is -0.137. The van der Waals surface area contributed by atoms with E-state index in [0.29, 0.717) is 0 Å². The zero-order valence-electron chi connectivity index (χ0n) is 11.4.